The number of fused-ring (bicyclic) bond motifs is 5. The van der Waals surface area contributed by atoms with Crippen LogP contribution in [-0.2, 0) is 10.3 Å². The normalized spacial score (nSPS) is 35.1. The Morgan fingerprint density at radius 3 is 2.50 bits per heavy atom. The molecule has 0 saturated carbocycles. The Bertz CT molecular complexity index is 1010. The molecule has 0 spiro atoms. The second-order valence-corrected chi connectivity index (χ2v) is 8.09. The molecule has 10 nitrogen and oxygen atoms in total. The van der Waals surface area contributed by atoms with Crippen molar-refractivity contribution >= 4 is 0 Å². The van der Waals surface area contributed by atoms with E-state index in [1.165, 1.54) is 0 Å². The van der Waals surface area contributed by atoms with Crippen LogP contribution in [0.1, 0.15) is 17.2 Å². The maximum atomic E-state index is 11.3. The average molecular weight is 448 g/mol. The van der Waals surface area contributed by atoms with E-state index < -0.39 is 49.0 Å². The third-order valence-corrected chi connectivity index (χ3v) is 6.15. The van der Waals surface area contributed by atoms with Gasteiger partial charge in [0, 0.05) is 23.3 Å². The summed E-state index contributed by atoms with van der Waals surface area (Å²) in [6, 6.07) is 10.0. The zero-order valence-electron chi connectivity index (χ0n) is 17.1. The molecule has 0 aromatic heterocycles. The van der Waals surface area contributed by atoms with Gasteiger partial charge in [-0.05, 0) is 24.3 Å². The Hall–Kier alpha value is -2.60. The second kappa shape index (κ2) is 7.77. The van der Waals surface area contributed by atoms with Crippen LogP contribution in [0.3, 0.4) is 0 Å². The molecule has 0 aliphatic carbocycles. The van der Waals surface area contributed by atoms with Crippen LogP contribution in [0.5, 0.6) is 23.0 Å². The first kappa shape index (κ1) is 21.3. The van der Waals surface area contributed by atoms with Crippen LogP contribution in [-0.4, -0.2) is 76.6 Å². The van der Waals surface area contributed by atoms with Crippen LogP contribution in [0.4, 0.5) is 0 Å². The fourth-order valence-electron chi connectivity index (χ4n) is 4.34. The molecule has 0 unspecified atom stereocenters. The summed E-state index contributed by atoms with van der Waals surface area (Å²) in [6.45, 7) is -0.603. The van der Waals surface area contributed by atoms with Gasteiger partial charge in [-0.3, -0.25) is 0 Å². The lowest BCUT2D eigenvalue weighted by Gasteiger charge is -2.39. The topological polar surface area (TPSA) is 147 Å². The Kier molecular flexibility index (Phi) is 5.16. The smallest absolute Gasteiger partial charge is 0.229 e. The first-order valence-electron chi connectivity index (χ1n) is 10.2. The summed E-state index contributed by atoms with van der Waals surface area (Å²) in [5.74, 6) is 1.79. The monoisotopic (exact) mass is 448 g/mol. The van der Waals surface area contributed by atoms with Crippen molar-refractivity contribution in [3.05, 3.63) is 47.5 Å². The summed E-state index contributed by atoms with van der Waals surface area (Å²) < 4.78 is 28.1. The van der Waals surface area contributed by atoms with Gasteiger partial charge in [-0.2, -0.15) is 0 Å². The minimum absolute atomic E-state index is 0.0481. The number of methoxy groups -OCH3 is 1. The number of ether oxygens (including phenoxy) is 5. The van der Waals surface area contributed by atoms with Gasteiger partial charge in [0.2, 0.25) is 6.29 Å². The van der Waals surface area contributed by atoms with Gasteiger partial charge in [-0.1, -0.05) is 0 Å². The molecule has 1 saturated heterocycles. The molecule has 2 aromatic rings. The molecule has 3 aliphatic rings. The lowest BCUT2D eigenvalue weighted by molar-refractivity contribution is -0.277. The molecule has 0 amide bonds. The quantitative estimate of drug-likeness (QED) is 0.418. The predicted octanol–water partition coefficient (Wildman–Crippen LogP) is -0.412. The largest absolute Gasteiger partial charge is 0.497 e. The third kappa shape index (κ3) is 3.19. The van der Waals surface area contributed by atoms with E-state index in [2.05, 4.69) is 0 Å². The Morgan fingerprint density at radius 2 is 1.75 bits per heavy atom. The molecule has 3 heterocycles. The van der Waals surface area contributed by atoms with Crippen molar-refractivity contribution in [2.24, 2.45) is 0 Å². The summed E-state index contributed by atoms with van der Waals surface area (Å²) in [4.78, 5) is 0. The minimum atomic E-state index is -1.54. The molecule has 1 fully saturated rings. The maximum Gasteiger partial charge on any atom is 0.229 e. The number of rotatable bonds is 4. The van der Waals surface area contributed by atoms with Gasteiger partial charge < -0.3 is 49.2 Å². The number of aliphatic hydroxyl groups excluding tert-OH is 4. The highest BCUT2D eigenvalue weighted by atomic mass is 16.7. The third-order valence-electron chi connectivity index (χ3n) is 6.15. The van der Waals surface area contributed by atoms with Crippen LogP contribution in [0.15, 0.2) is 36.4 Å². The van der Waals surface area contributed by atoms with Gasteiger partial charge in [0.25, 0.3) is 0 Å². The van der Waals surface area contributed by atoms with Crippen LogP contribution >= 0.6 is 0 Å². The first-order valence-corrected chi connectivity index (χ1v) is 10.2. The standard InChI is InChI=1S/C22H24O10/c1-28-10-3-5-13-15(6-10)31-20-12-4-2-11(7-14(12)29-9-22(13,20)27)30-21-19(26)18(25)17(24)16(8-23)32-21/h2-7,16-21,23-27H,8-9H2,1H3/t16-,17-,18-,19-,20-,21+,22-/m1/s1. The van der Waals surface area contributed by atoms with E-state index in [4.69, 9.17) is 23.7 Å². The van der Waals surface area contributed by atoms with Crippen molar-refractivity contribution in [2.45, 2.75) is 42.4 Å². The fourth-order valence-corrected chi connectivity index (χ4v) is 4.34. The Labute approximate surface area is 183 Å². The van der Waals surface area contributed by atoms with Gasteiger partial charge >= 0.3 is 0 Å². The lowest BCUT2D eigenvalue weighted by atomic mass is 9.85. The Balaban J connectivity index is 1.39. The van der Waals surface area contributed by atoms with E-state index in [-0.39, 0.29) is 12.4 Å². The van der Waals surface area contributed by atoms with Crippen LogP contribution < -0.4 is 18.9 Å². The van der Waals surface area contributed by atoms with E-state index in [9.17, 15) is 25.5 Å². The van der Waals surface area contributed by atoms with Crippen LogP contribution in [0, 0.1) is 0 Å². The molecular weight excluding hydrogens is 424 g/mol. The molecular formula is C22H24O10. The van der Waals surface area contributed by atoms with Crippen LogP contribution in [0.25, 0.3) is 0 Å². The molecule has 7 atom stereocenters. The van der Waals surface area contributed by atoms with Crippen molar-refractivity contribution in [3.63, 3.8) is 0 Å². The molecule has 3 aliphatic heterocycles. The van der Waals surface area contributed by atoms with Gasteiger partial charge in [-0.25, -0.2) is 0 Å². The summed E-state index contributed by atoms with van der Waals surface area (Å²) in [7, 11) is 1.55. The van der Waals surface area contributed by atoms with Crippen molar-refractivity contribution < 1.29 is 49.2 Å². The van der Waals surface area contributed by atoms with Gasteiger partial charge in [0.05, 0.1) is 13.7 Å². The molecule has 32 heavy (non-hydrogen) atoms. The van der Waals surface area contributed by atoms with Crippen LogP contribution in [0.2, 0.25) is 0 Å². The van der Waals surface area contributed by atoms with Crippen molar-refractivity contribution in [1.82, 2.24) is 0 Å². The van der Waals surface area contributed by atoms with Crippen molar-refractivity contribution in [1.29, 1.82) is 0 Å². The van der Waals surface area contributed by atoms with Gasteiger partial charge in [0.15, 0.2) is 11.7 Å². The highest BCUT2D eigenvalue weighted by Crippen LogP contribution is 2.54. The highest BCUT2D eigenvalue weighted by molar-refractivity contribution is 5.54. The number of hydrogen-bond acceptors (Lipinski definition) is 10. The molecule has 0 bridgehead atoms. The zero-order chi connectivity index (χ0) is 22.6. The molecule has 5 rings (SSSR count). The summed E-state index contributed by atoms with van der Waals surface area (Å²) in [5, 5.41) is 50.7. The first-order chi connectivity index (χ1) is 15.4. The minimum Gasteiger partial charge on any atom is -0.497 e. The number of aliphatic hydroxyl groups is 5. The molecule has 172 valence electrons. The van der Waals surface area contributed by atoms with Crippen molar-refractivity contribution in [3.8, 4) is 23.0 Å². The van der Waals surface area contributed by atoms with Crippen molar-refractivity contribution in [2.75, 3.05) is 20.3 Å². The van der Waals surface area contributed by atoms with E-state index in [0.717, 1.165) is 0 Å². The SMILES string of the molecule is COc1ccc2c(c1)O[C@@H]1c3ccc(O[C@H]4O[C@H](CO)[C@@H](O)[C@@H](O)[C@H]4O)cc3OC[C@@]21O. The predicted molar refractivity (Wildman–Crippen MR) is 107 cm³/mol. The molecule has 0 radical (unpaired) electrons. The molecule has 5 N–H and O–H groups in total. The summed E-state index contributed by atoms with van der Waals surface area (Å²) in [6.07, 6.45) is -7.64. The average Bonchev–Trinajstić information content (AvgIpc) is 3.11. The second-order valence-electron chi connectivity index (χ2n) is 8.09. The maximum absolute atomic E-state index is 11.3. The fraction of sp³-hybridized carbons (Fsp3) is 0.455. The number of hydrogen-bond donors (Lipinski definition) is 5. The van der Waals surface area contributed by atoms with E-state index in [0.29, 0.717) is 28.4 Å². The molecule has 10 heteroatoms. The lowest BCUT2D eigenvalue weighted by Crippen LogP contribution is -2.60. The van der Waals surface area contributed by atoms with Gasteiger partial charge in [0.1, 0.15) is 54.0 Å². The molecule has 2 aromatic carbocycles. The summed E-state index contributed by atoms with van der Waals surface area (Å²) >= 11 is 0. The Morgan fingerprint density at radius 1 is 1.00 bits per heavy atom. The van der Waals surface area contributed by atoms with E-state index in [1.54, 1.807) is 43.5 Å². The number of benzene rings is 2. The zero-order valence-corrected chi connectivity index (χ0v) is 17.1. The highest BCUT2D eigenvalue weighted by Gasteiger charge is 2.53. The van der Waals surface area contributed by atoms with E-state index in [1.807, 2.05) is 0 Å². The van der Waals surface area contributed by atoms with Gasteiger partial charge in [-0.15, -0.1) is 0 Å². The summed E-state index contributed by atoms with van der Waals surface area (Å²) in [5.41, 5.74) is -0.153. The van der Waals surface area contributed by atoms with E-state index >= 15 is 0 Å².